The van der Waals surface area contributed by atoms with Crippen LogP contribution in [-0.2, 0) is 0 Å². The Morgan fingerprint density at radius 1 is 1.14 bits per heavy atom. The maximum Gasteiger partial charge on any atom is 0.198 e. The zero-order chi connectivity index (χ0) is 10.7. The van der Waals surface area contributed by atoms with Crippen LogP contribution in [0.4, 0.5) is 8.78 Å². The first-order valence-electron chi connectivity index (χ1n) is 3.65. The van der Waals surface area contributed by atoms with Crippen molar-refractivity contribution in [1.29, 1.82) is 5.26 Å². The van der Waals surface area contributed by atoms with E-state index in [2.05, 4.69) is 4.74 Å². The zero-order valence-electron chi connectivity index (χ0n) is 7.60. The van der Waals surface area contributed by atoms with E-state index in [1.165, 1.54) is 14.2 Å². The van der Waals surface area contributed by atoms with Gasteiger partial charge in [-0.1, -0.05) is 0 Å². The van der Waals surface area contributed by atoms with Crippen LogP contribution in [0.25, 0.3) is 0 Å². The highest BCUT2D eigenvalue weighted by Gasteiger charge is 2.19. The average Bonchev–Trinajstić information content (AvgIpc) is 2.16. The maximum absolute atomic E-state index is 13.1. The molecule has 0 saturated carbocycles. The van der Waals surface area contributed by atoms with Gasteiger partial charge in [0.25, 0.3) is 0 Å². The van der Waals surface area contributed by atoms with Crippen molar-refractivity contribution < 1.29 is 18.3 Å². The highest BCUT2D eigenvalue weighted by molar-refractivity contribution is 5.53. The molecule has 0 aromatic heterocycles. The summed E-state index contributed by atoms with van der Waals surface area (Å²) in [6, 6.07) is 2.15. The molecule has 0 saturated heterocycles. The number of hydrogen-bond acceptors (Lipinski definition) is 3. The molecule has 0 aliphatic heterocycles. The zero-order valence-corrected chi connectivity index (χ0v) is 7.60. The molecule has 0 aliphatic carbocycles. The Morgan fingerprint density at radius 2 is 1.71 bits per heavy atom. The molecule has 0 spiro atoms. The van der Waals surface area contributed by atoms with E-state index in [4.69, 9.17) is 10.00 Å². The van der Waals surface area contributed by atoms with E-state index in [0.717, 1.165) is 0 Å². The average molecular weight is 199 g/mol. The molecule has 14 heavy (non-hydrogen) atoms. The molecule has 0 N–H and O–H groups in total. The maximum atomic E-state index is 13.1. The molecule has 0 heterocycles. The first kappa shape index (κ1) is 10.3. The fourth-order valence-electron chi connectivity index (χ4n) is 1.07. The molecule has 3 nitrogen and oxygen atoms in total. The van der Waals surface area contributed by atoms with E-state index in [0.29, 0.717) is 6.07 Å². The van der Waals surface area contributed by atoms with E-state index >= 15 is 0 Å². The Kier molecular flexibility index (Phi) is 2.87. The molecule has 1 rings (SSSR count). The number of benzene rings is 1. The topological polar surface area (TPSA) is 42.2 Å². The van der Waals surface area contributed by atoms with Crippen LogP contribution in [0, 0.1) is 23.0 Å². The van der Waals surface area contributed by atoms with Gasteiger partial charge in [-0.2, -0.15) is 5.26 Å². The smallest absolute Gasteiger partial charge is 0.198 e. The molecule has 1 aromatic carbocycles. The molecule has 0 amide bonds. The van der Waals surface area contributed by atoms with Crippen molar-refractivity contribution in [2.24, 2.45) is 0 Å². The highest BCUT2D eigenvalue weighted by atomic mass is 19.1. The number of halogens is 2. The lowest BCUT2D eigenvalue weighted by atomic mass is 10.2. The summed E-state index contributed by atoms with van der Waals surface area (Å²) in [5.41, 5.74) is -0.370. The van der Waals surface area contributed by atoms with Gasteiger partial charge in [-0.3, -0.25) is 0 Å². The van der Waals surface area contributed by atoms with E-state index in [-0.39, 0.29) is 17.1 Å². The Balaban J connectivity index is 3.53. The second kappa shape index (κ2) is 3.92. The van der Waals surface area contributed by atoms with Crippen LogP contribution in [0.2, 0.25) is 0 Å². The third kappa shape index (κ3) is 1.46. The number of hydrogen-bond donors (Lipinski definition) is 0. The molecular formula is C9H7F2NO2. The van der Waals surface area contributed by atoms with Gasteiger partial charge in [-0.05, 0) is 0 Å². The molecule has 5 heteroatoms. The van der Waals surface area contributed by atoms with Gasteiger partial charge < -0.3 is 9.47 Å². The van der Waals surface area contributed by atoms with Crippen molar-refractivity contribution in [3.63, 3.8) is 0 Å². The summed E-state index contributed by atoms with van der Waals surface area (Å²) in [4.78, 5) is 0. The molecule has 0 bridgehead atoms. The van der Waals surface area contributed by atoms with Gasteiger partial charge in [0.2, 0.25) is 0 Å². The van der Waals surface area contributed by atoms with Crippen LogP contribution in [0.15, 0.2) is 6.07 Å². The van der Waals surface area contributed by atoms with Crippen LogP contribution < -0.4 is 9.47 Å². The fourth-order valence-corrected chi connectivity index (χ4v) is 1.07. The number of nitrogens with zero attached hydrogens (tertiary/aromatic N) is 1. The van der Waals surface area contributed by atoms with Gasteiger partial charge in [0.1, 0.15) is 17.4 Å². The van der Waals surface area contributed by atoms with Crippen molar-refractivity contribution >= 4 is 0 Å². The van der Waals surface area contributed by atoms with Gasteiger partial charge in [0.05, 0.1) is 14.2 Å². The Morgan fingerprint density at radius 3 is 2.14 bits per heavy atom. The lowest BCUT2D eigenvalue weighted by Crippen LogP contribution is -1.99. The van der Waals surface area contributed by atoms with Gasteiger partial charge in [0.15, 0.2) is 17.3 Å². The molecule has 0 unspecified atom stereocenters. The van der Waals surface area contributed by atoms with Gasteiger partial charge in [0, 0.05) is 6.07 Å². The lowest BCUT2D eigenvalue weighted by molar-refractivity contribution is 0.333. The first-order chi connectivity index (χ1) is 6.65. The van der Waals surface area contributed by atoms with Crippen molar-refractivity contribution in [2.75, 3.05) is 14.2 Å². The second-order valence-corrected chi connectivity index (χ2v) is 2.39. The van der Waals surface area contributed by atoms with E-state index < -0.39 is 11.6 Å². The Labute approximate surface area is 79.5 Å². The minimum absolute atomic E-state index is 0.229. The van der Waals surface area contributed by atoms with E-state index in [1.54, 1.807) is 6.07 Å². The van der Waals surface area contributed by atoms with Gasteiger partial charge in [-0.25, -0.2) is 8.78 Å². The number of methoxy groups -OCH3 is 2. The number of ether oxygens (including phenoxy) is 2. The molecule has 0 radical (unpaired) electrons. The molecule has 0 aliphatic rings. The van der Waals surface area contributed by atoms with Crippen LogP contribution in [0.1, 0.15) is 5.56 Å². The molecule has 0 atom stereocenters. The molecule has 0 fully saturated rings. The predicted molar refractivity (Wildman–Crippen MR) is 44.2 cm³/mol. The van der Waals surface area contributed by atoms with Crippen molar-refractivity contribution in [3.8, 4) is 17.6 Å². The summed E-state index contributed by atoms with van der Waals surface area (Å²) in [6.07, 6.45) is 0. The summed E-state index contributed by atoms with van der Waals surface area (Å²) in [6.45, 7) is 0. The van der Waals surface area contributed by atoms with Crippen molar-refractivity contribution in [2.45, 2.75) is 0 Å². The third-order valence-corrected chi connectivity index (χ3v) is 1.66. The van der Waals surface area contributed by atoms with Crippen LogP contribution in [-0.4, -0.2) is 14.2 Å². The van der Waals surface area contributed by atoms with E-state index in [9.17, 15) is 8.78 Å². The van der Waals surface area contributed by atoms with Crippen molar-refractivity contribution in [1.82, 2.24) is 0 Å². The van der Waals surface area contributed by atoms with Crippen LogP contribution in [0.3, 0.4) is 0 Å². The first-order valence-corrected chi connectivity index (χ1v) is 3.65. The SMILES string of the molecule is COc1c(F)cc(F)c(C#N)c1OC. The highest BCUT2D eigenvalue weighted by Crippen LogP contribution is 2.34. The van der Waals surface area contributed by atoms with Crippen LogP contribution >= 0.6 is 0 Å². The molecular weight excluding hydrogens is 192 g/mol. The second-order valence-electron chi connectivity index (χ2n) is 2.39. The number of rotatable bonds is 2. The summed E-state index contributed by atoms with van der Waals surface area (Å²) >= 11 is 0. The van der Waals surface area contributed by atoms with Crippen molar-refractivity contribution in [3.05, 3.63) is 23.3 Å². The van der Waals surface area contributed by atoms with Crippen LogP contribution in [0.5, 0.6) is 11.5 Å². The standard InChI is InChI=1S/C9H7F2NO2/c1-13-8-5(4-12)6(10)3-7(11)9(8)14-2/h3H,1-2H3. The molecule has 74 valence electrons. The summed E-state index contributed by atoms with van der Waals surface area (Å²) in [7, 11) is 2.41. The van der Waals surface area contributed by atoms with Gasteiger partial charge in [-0.15, -0.1) is 0 Å². The van der Waals surface area contributed by atoms with E-state index in [1.807, 2.05) is 0 Å². The minimum atomic E-state index is -0.970. The van der Waals surface area contributed by atoms with Gasteiger partial charge >= 0.3 is 0 Å². The summed E-state index contributed by atoms with van der Waals surface area (Å²) in [5, 5.41) is 8.59. The summed E-state index contributed by atoms with van der Waals surface area (Å²) in [5.74, 6) is -2.37. The largest absolute Gasteiger partial charge is 0.491 e. The number of nitriles is 1. The Hall–Kier alpha value is -1.83. The molecule has 1 aromatic rings. The normalized spacial score (nSPS) is 9.36. The third-order valence-electron chi connectivity index (χ3n) is 1.66. The monoisotopic (exact) mass is 199 g/mol. The fraction of sp³-hybridized carbons (Fsp3) is 0.222. The quantitative estimate of drug-likeness (QED) is 0.729. The lowest BCUT2D eigenvalue weighted by Gasteiger charge is -2.09. The Bertz CT molecular complexity index is 399. The summed E-state index contributed by atoms with van der Waals surface area (Å²) < 4.78 is 35.4. The minimum Gasteiger partial charge on any atom is -0.491 e. The predicted octanol–water partition coefficient (Wildman–Crippen LogP) is 1.85.